The Balaban J connectivity index is 1.77. The average molecular weight is 493 g/mol. The second-order valence-corrected chi connectivity index (χ2v) is 9.65. The highest BCUT2D eigenvalue weighted by atomic mass is 35.5. The molecular weight excluding hydrogens is 471 g/mol. The van der Waals surface area contributed by atoms with Gasteiger partial charge < -0.3 is 10.1 Å². The predicted molar refractivity (Wildman–Crippen MR) is 129 cm³/mol. The normalized spacial score (nSPS) is 11.1. The van der Waals surface area contributed by atoms with E-state index in [-0.39, 0.29) is 28.2 Å². The van der Waals surface area contributed by atoms with Crippen LogP contribution < -0.4 is 14.4 Å². The molecule has 0 unspecified atom stereocenters. The molecule has 0 fully saturated rings. The largest absolute Gasteiger partial charge is 0.494 e. The van der Waals surface area contributed by atoms with Crippen LogP contribution in [0.25, 0.3) is 0 Å². The molecule has 1 N–H and O–H groups in total. The van der Waals surface area contributed by atoms with Crippen molar-refractivity contribution in [2.45, 2.75) is 13.5 Å². The number of rotatable bonds is 8. The highest BCUT2D eigenvalue weighted by Gasteiger charge is 2.21. The summed E-state index contributed by atoms with van der Waals surface area (Å²) < 4.78 is 31.4. The molecule has 0 aromatic heterocycles. The van der Waals surface area contributed by atoms with Gasteiger partial charge in [0.05, 0.1) is 35.1 Å². The number of amides is 1. The van der Waals surface area contributed by atoms with Gasteiger partial charge in [0.15, 0.2) is 0 Å². The zero-order valence-electron chi connectivity index (χ0n) is 17.5. The van der Waals surface area contributed by atoms with Gasteiger partial charge in [-0.3, -0.25) is 9.10 Å². The Morgan fingerprint density at radius 1 is 1.03 bits per heavy atom. The summed E-state index contributed by atoms with van der Waals surface area (Å²) in [7, 11) is -3.63. The maximum Gasteiger partial charge on any atom is 0.255 e. The van der Waals surface area contributed by atoms with E-state index in [0.717, 1.165) is 6.26 Å². The van der Waals surface area contributed by atoms with E-state index in [4.69, 9.17) is 27.9 Å². The molecule has 6 nitrogen and oxygen atoms in total. The molecule has 0 aliphatic carbocycles. The number of carbonyl (C=O) groups is 1. The second-order valence-electron chi connectivity index (χ2n) is 6.95. The van der Waals surface area contributed by atoms with Gasteiger partial charge in [-0.25, -0.2) is 8.42 Å². The molecule has 3 aromatic carbocycles. The van der Waals surface area contributed by atoms with Crippen LogP contribution in [0.3, 0.4) is 0 Å². The van der Waals surface area contributed by atoms with Gasteiger partial charge in [-0.15, -0.1) is 0 Å². The fourth-order valence-electron chi connectivity index (χ4n) is 3.03. The smallest absolute Gasteiger partial charge is 0.255 e. The molecule has 0 aliphatic heterocycles. The van der Waals surface area contributed by atoms with Crippen LogP contribution in [0.4, 0.5) is 11.4 Å². The zero-order valence-corrected chi connectivity index (χ0v) is 19.8. The van der Waals surface area contributed by atoms with E-state index < -0.39 is 10.0 Å². The van der Waals surface area contributed by atoms with Crippen molar-refractivity contribution >= 4 is 50.5 Å². The molecule has 0 spiro atoms. The van der Waals surface area contributed by atoms with Crippen molar-refractivity contribution in [3.63, 3.8) is 0 Å². The van der Waals surface area contributed by atoms with Gasteiger partial charge in [-0.2, -0.15) is 0 Å². The lowest BCUT2D eigenvalue weighted by Crippen LogP contribution is -2.29. The van der Waals surface area contributed by atoms with Gasteiger partial charge in [-0.1, -0.05) is 47.5 Å². The van der Waals surface area contributed by atoms with E-state index >= 15 is 0 Å². The predicted octanol–water partition coefficient (Wildman–Crippen LogP) is 5.61. The van der Waals surface area contributed by atoms with Crippen LogP contribution in [0.5, 0.6) is 5.75 Å². The number of hydrogen-bond acceptors (Lipinski definition) is 4. The summed E-state index contributed by atoms with van der Waals surface area (Å²) in [6, 6.07) is 18.6. The van der Waals surface area contributed by atoms with E-state index in [2.05, 4.69) is 5.32 Å². The highest BCUT2D eigenvalue weighted by molar-refractivity contribution is 7.92. The number of hydrogen-bond donors (Lipinski definition) is 1. The number of carbonyl (C=O) groups excluding carboxylic acids is 1. The molecule has 3 aromatic rings. The van der Waals surface area contributed by atoms with Gasteiger partial charge >= 0.3 is 0 Å². The summed E-state index contributed by atoms with van der Waals surface area (Å²) in [5.41, 5.74) is 2.02. The average Bonchev–Trinajstić information content (AvgIpc) is 2.74. The van der Waals surface area contributed by atoms with Crippen LogP contribution in [-0.2, 0) is 16.6 Å². The van der Waals surface area contributed by atoms with E-state index in [1.54, 1.807) is 60.7 Å². The summed E-state index contributed by atoms with van der Waals surface area (Å²) in [4.78, 5) is 12.6. The Morgan fingerprint density at radius 2 is 1.72 bits per heavy atom. The van der Waals surface area contributed by atoms with E-state index in [9.17, 15) is 13.2 Å². The van der Waals surface area contributed by atoms with Crippen molar-refractivity contribution < 1.29 is 17.9 Å². The molecule has 0 saturated carbocycles. The Hall–Kier alpha value is -2.74. The lowest BCUT2D eigenvalue weighted by atomic mass is 10.1. The molecule has 1 amide bonds. The lowest BCUT2D eigenvalue weighted by molar-refractivity contribution is 0.102. The quantitative estimate of drug-likeness (QED) is 0.443. The Morgan fingerprint density at radius 3 is 2.38 bits per heavy atom. The van der Waals surface area contributed by atoms with E-state index in [1.807, 2.05) is 13.0 Å². The number of nitrogens with zero attached hydrogens (tertiary/aromatic N) is 1. The third kappa shape index (κ3) is 5.94. The lowest BCUT2D eigenvalue weighted by Gasteiger charge is -2.24. The summed E-state index contributed by atoms with van der Waals surface area (Å²) in [6.45, 7) is 2.46. The number of ether oxygens (including phenoxy) is 1. The third-order valence-corrected chi connectivity index (χ3v) is 6.48. The van der Waals surface area contributed by atoms with E-state index in [0.29, 0.717) is 29.2 Å². The maximum atomic E-state index is 12.6. The molecule has 0 atom stereocenters. The maximum absolute atomic E-state index is 12.6. The minimum Gasteiger partial charge on any atom is -0.494 e. The van der Waals surface area contributed by atoms with Crippen molar-refractivity contribution in [2.24, 2.45) is 0 Å². The Kier molecular flexibility index (Phi) is 7.66. The molecular formula is C23H22Cl2N2O4S. The monoisotopic (exact) mass is 492 g/mol. The van der Waals surface area contributed by atoms with Gasteiger partial charge in [-0.05, 0) is 48.9 Å². The minimum absolute atomic E-state index is 0.0389. The van der Waals surface area contributed by atoms with Crippen molar-refractivity contribution in [1.82, 2.24) is 0 Å². The zero-order chi connectivity index (χ0) is 23.3. The molecule has 0 saturated heterocycles. The first kappa shape index (κ1) is 23.9. The molecule has 168 valence electrons. The van der Waals surface area contributed by atoms with Crippen molar-refractivity contribution in [1.29, 1.82) is 0 Å². The second kappa shape index (κ2) is 10.3. The highest BCUT2D eigenvalue weighted by Crippen LogP contribution is 2.34. The number of nitrogens with one attached hydrogen (secondary N) is 1. The number of sulfonamides is 1. The molecule has 9 heteroatoms. The van der Waals surface area contributed by atoms with Crippen molar-refractivity contribution in [3.05, 3.63) is 87.9 Å². The van der Waals surface area contributed by atoms with Gasteiger partial charge in [0.2, 0.25) is 10.0 Å². The van der Waals surface area contributed by atoms with Gasteiger partial charge in [0.25, 0.3) is 5.91 Å². The summed E-state index contributed by atoms with van der Waals surface area (Å²) >= 11 is 12.3. The molecule has 0 bridgehead atoms. The first-order valence-corrected chi connectivity index (χ1v) is 12.3. The van der Waals surface area contributed by atoms with Crippen LogP contribution in [0.2, 0.25) is 10.0 Å². The third-order valence-electron chi connectivity index (χ3n) is 4.55. The Labute approximate surface area is 197 Å². The molecule has 0 heterocycles. The molecule has 3 rings (SSSR count). The van der Waals surface area contributed by atoms with Crippen molar-refractivity contribution in [3.8, 4) is 5.75 Å². The Bertz CT molecular complexity index is 1210. The van der Waals surface area contributed by atoms with Crippen LogP contribution in [0.1, 0.15) is 22.8 Å². The standard InChI is InChI=1S/C23H22Cl2N2O4S/c1-3-31-19-7-4-6-18(14-19)26-23(28)17-12-10-16(11-13-17)15-27(32(2,29)30)21-9-5-8-20(24)22(21)25/h4-14H,3,15H2,1-2H3,(H,26,28). The van der Waals surface area contributed by atoms with Crippen LogP contribution in [0.15, 0.2) is 66.7 Å². The summed E-state index contributed by atoms with van der Waals surface area (Å²) in [5.74, 6) is 0.379. The van der Waals surface area contributed by atoms with Gasteiger partial charge in [0.1, 0.15) is 5.75 Å². The summed E-state index contributed by atoms with van der Waals surface area (Å²) in [5, 5.41) is 3.24. The number of anilines is 2. The van der Waals surface area contributed by atoms with Gasteiger partial charge in [0, 0.05) is 17.3 Å². The first-order chi connectivity index (χ1) is 15.2. The van der Waals surface area contributed by atoms with Crippen molar-refractivity contribution in [2.75, 3.05) is 22.5 Å². The number of benzene rings is 3. The first-order valence-electron chi connectivity index (χ1n) is 9.74. The minimum atomic E-state index is -3.63. The number of halogens is 2. The SMILES string of the molecule is CCOc1cccc(NC(=O)c2ccc(CN(c3cccc(Cl)c3Cl)S(C)(=O)=O)cc2)c1. The van der Waals surface area contributed by atoms with Crippen LogP contribution >= 0.6 is 23.2 Å². The fourth-order valence-corrected chi connectivity index (χ4v) is 4.37. The topological polar surface area (TPSA) is 75.7 Å². The molecule has 0 radical (unpaired) electrons. The molecule has 32 heavy (non-hydrogen) atoms. The summed E-state index contributed by atoms with van der Waals surface area (Å²) in [6.07, 6.45) is 1.10. The van der Waals surface area contributed by atoms with Crippen LogP contribution in [-0.4, -0.2) is 27.2 Å². The van der Waals surface area contributed by atoms with E-state index in [1.165, 1.54) is 4.31 Å². The fraction of sp³-hybridized carbons (Fsp3) is 0.174. The van der Waals surface area contributed by atoms with Crippen LogP contribution in [0, 0.1) is 0 Å². The molecule has 0 aliphatic rings.